The second-order valence-corrected chi connectivity index (χ2v) is 7.71. The summed E-state index contributed by atoms with van der Waals surface area (Å²) in [6, 6.07) is 14.5. The molecule has 2 aromatic carbocycles. The average molecular weight is 412 g/mol. The first kappa shape index (κ1) is 21.1. The van der Waals surface area contributed by atoms with Gasteiger partial charge in [-0.1, -0.05) is 55.3 Å². The smallest absolute Gasteiger partial charge is 0.261 e. The van der Waals surface area contributed by atoms with E-state index in [4.69, 9.17) is 16.6 Å². The number of carbonyl (C=O) groups is 1. The Morgan fingerprint density at radius 2 is 1.93 bits per heavy atom. The zero-order valence-electron chi connectivity index (χ0n) is 17.1. The Bertz CT molecular complexity index is 1060. The molecule has 0 saturated heterocycles. The van der Waals surface area contributed by atoms with Crippen LogP contribution in [0.2, 0.25) is 5.02 Å². The van der Waals surface area contributed by atoms with E-state index in [1.54, 1.807) is 25.2 Å². The van der Waals surface area contributed by atoms with Gasteiger partial charge in [0.05, 0.1) is 23.4 Å². The highest BCUT2D eigenvalue weighted by atomic mass is 35.5. The Kier molecular flexibility index (Phi) is 6.70. The van der Waals surface area contributed by atoms with E-state index in [0.717, 1.165) is 18.4 Å². The van der Waals surface area contributed by atoms with Gasteiger partial charge in [0, 0.05) is 18.6 Å². The van der Waals surface area contributed by atoms with Crippen molar-refractivity contribution in [2.75, 3.05) is 6.54 Å². The summed E-state index contributed by atoms with van der Waals surface area (Å²) in [7, 11) is 1.70. The van der Waals surface area contributed by atoms with Crippen molar-refractivity contribution >= 4 is 28.4 Å². The third-order valence-electron chi connectivity index (χ3n) is 5.18. The van der Waals surface area contributed by atoms with Crippen LogP contribution < -0.4 is 5.56 Å². The lowest BCUT2D eigenvalue weighted by atomic mass is 10.1. The van der Waals surface area contributed by atoms with Crippen LogP contribution in [-0.4, -0.2) is 26.9 Å². The minimum Gasteiger partial charge on any atom is -0.333 e. The molecule has 0 aliphatic carbocycles. The lowest BCUT2D eigenvalue weighted by Gasteiger charge is -2.30. The number of rotatable bonds is 7. The molecule has 1 aromatic heterocycles. The van der Waals surface area contributed by atoms with E-state index in [9.17, 15) is 9.59 Å². The number of hydrogen-bond acceptors (Lipinski definition) is 3. The molecule has 1 atom stereocenters. The molecule has 3 aromatic rings. The van der Waals surface area contributed by atoms with E-state index in [1.165, 1.54) is 4.57 Å². The van der Waals surface area contributed by atoms with Crippen molar-refractivity contribution in [1.82, 2.24) is 14.5 Å². The van der Waals surface area contributed by atoms with Crippen molar-refractivity contribution in [2.24, 2.45) is 7.05 Å². The highest BCUT2D eigenvalue weighted by Gasteiger charge is 2.25. The average Bonchev–Trinajstić information content (AvgIpc) is 2.72. The zero-order chi connectivity index (χ0) is 21.0. The standard InChI is InChI=1S/C23H26ClN3O2/c1-4-5-13-27(21(28)14-17-9-7-6-8-10-17)16(2)22-25-20-12-11-18(24)15-19(20)23(29)26(22)3/h6-12,15-16H,4-5,13-14H2,1-3H3. The van der Waals surface area contributed by atoms with Crippen LogP contribution in [0, 0.1) is 0 Å². The van der Waals surface area contributed by atoms with Crippen molar-refractivity contribution in [2.45, 2.75) is 39.2 Å². The minimum absolute atomic E-state index is 0.0302. The lowest BCUT2D eigenvalue weighted by molar-refractivity contribution is -0.133. The Morgan fingerprint density at radius 1 is 1.21 bits per heavy atom. The van der Waals surface area contributed by atoms with Crippen LogP contribution in [0.25, 0.3) is 10.9 Å². The van der Waals surface area contributed by atoms with Crippen molar-refractivity contribution < 1.29 is 4.79 Å². The third kappa shape index (κ3) is 4.67. The van der Waals surface area contributed by atoms with Crippen molar-refractivity contribution in [3.63, 3.8) is 0 Å². The van der Waals surface area contributed by atoms with Gasteiger partial charge in [-0.25, -0.2) is 4.98 Å². The summed E-state index contributed by atoms with van der Waals surface area (Å²) in [4.78, 5) is 32.5. The maximum absolute atomic E-state index is 13.1. The molecule has 0 aliphatic rings. The molecular formula is C23H26ClN3O2. The first-order valence-corrected chi connectivity index (χ1v) is 10.3. The first-order valence-electron chi connectivity index (χ1n) is 9.92. The summed E-state index contributed by atoms with van der Waals surface area (Å²) in [5, 5.41) is 0.978. The SMILES string of the molecule is CCCCN(C(=O)Cc1ccccc1)C(C)c1nc2ccc(Cl)cc2c(=O)n1C. The Labute approximate surface area is 175 Å². The number of fused-ring (bicyclic) bond motifs is 1. The summed E-state index contributed by atoms with van der Waals surface area (Å²) >= 11 is 6.04. The van der Waals surface area contributed by atoms with Gasteiger partial charge in [0.25, 0.3) is 5.56 Å². The zero-order valence-corrected chi connectivity index (χ0v) is 17.8. The molecule has 6 heteroatoms. The third-order valence-corrected chi connectivity index (χ3v) is 5.42. The molecule has 0 radical (unpaired) electrons. The normalized spacial score (nSPS) is 12.1. The Balaban J connectivity index is 1.98. The number of halogens is 1. The van der Waals surface area contributed by atoms with E-state index in [0.29, 0.717) is 34.7 Å². The predicted molar refractivity (Wildman–Crippen MR) is 117 cm³/mol. The maximum Gasteiger partial charge on any atom is 0.261 e. The predicted octanol–water partition coefficient (Wildman–Crippen LogP) is 4.52. The number of amides is 1. The number of carbonyl (C=O) groups excluding carboxylic acids is 1. The number of aromatic nitrogens is 2. The molecule has 0 bridgehead atoms. The minimum atomic E-state index is -0.324. The van der Waals surface area contributed by atoms with Gasteiger partial charge in [0.15, 0.2) is 0 Å². The number of benzene rings is 2. The largest absolute Gasteiger partial charge is 0.333 e. The number of nitrogens with zero attached hydrogens (tertiary/aromatic N) is 3. The summed E-state index contributed by atoms with van der Waals surface area (Å²) in [5.74, 6) is 0.602. The Hall–Kier alpha value is -2.66. The van der Waals surface area contributed by atoms with E-state index < -0.39 is 0 Å². The monoisotopic (exact) mass is 411 g/mol. The molecule has 0 saturated carbocycles. The van der Waals surface area contributed by atoms with E-state index in [-0.39, 0.29) is 17.5 Å². The molecule has 0 fully saturated rings. The molecule has 29 heavy (non-hydrogen) atoms. The molecule has 1 unspecified atom stereocenters. The van der Waals surface area contributed by atoms with Crippen LogP contribution in [-0.2, 0) is 18.3 Å². The molecule has 1 heterocycles. The van der Waals surface area contributed by atoms with Crippen LogP contribution in [0.1, 0.15) is 44.1 Å². The van der Waals surface area contributed by atoms with Gasteiger partial charge in [0.1, 0.15) is 5.82 Å². The van der Waals surface area contributed by atoms with Gasteiger partial charge in [-0.15, -0.1) is 0 Å². The topological polar surface area (TPSA) is 55.2 Å². The highest BCUT2D eigenvalue weighted by molar-refractivity contribution is 6.31. The fourth-order valence-corrected chi connectivity index (χ4v) is 3.68. The fraction of sp³-hybridized carbons (Fsp3) is 0.348. The van der Waals surface area contributed by atoms with Crippen LogP contribution in [0.4, 0.5) is 0 Å². The quantitative estimate of drug-likeness (QED) is 0.574. The molecule has 0 N–H and O–H groups in total. The van der Waals surface area contributed by atoms with Gasteiger partial charge < -0.3 is 4.90 Å². The van der Waals surface area contributed by atoms with Crippen molar-refractivity contribution in [1.29, 1.82) is 0 Å². The van der Waals surface area contributed by atoms with Crippen molar-refractivity contribution in [3.05, 3.63) is 75.3 Å². The van der Waals surface area contributed by atoms with E-state index >= 15 is 0 Å². The van der Waals surface area contributed by atoms with Gasteiger partial charge in [-0.3, -0.25) is 14.2 Å². The molecule has 1 amide bonds. The van der Waals surface area contributed by atoms with E-state index in [2.05, 4.69) is 6.92 Å². The lowest BCUT2D eigenvalue weighted by Crippen LogP contribution is -2.38. The molecular weight excluding hydrogens is 386 g/mol. The van der Waals surface area contributed by atoms with Crippen LogP contribution in [0.15, 0.2) is 53.3 Å². The van der Waals surface area contributed by atoms with Crippen LogP contribution in [0.5, 0.6) is 0 Å². The van der Waals surface area contributed by atoms with Gasteiger partial charge >= 0.3 is 0 Å². The highest BCUT2D eigenvalue weighted by Crippen LogP contribution is 2.22. The first-order chi connectivity index (χ1) is 13.9. The Morgan fingerprint density at radius 3 is 2.62 bits per heavy atom. The molecule has 0 aliphatic heterocycles. The summed E-state index contributed by atoms with van der Waals surface area (Å²) in [5.41, 5.74) is 1.40. The van der Waals surface area contributed by atoms with E-state index in [1.807, 2.05) is 42.2 Å². The summed E-state index contributed by atoms with van der Waals surface area (Å²) < 4.78 is 1.53. The molecule has 3 rings (SSSR count). The second-order valence-electron chi connectivity index (χ2n) is 7.27. The maximum atomic E-state index is 13.1. The van der Waals surface area contributed by atoms with Gasteiger partial charge in [0.2, 0.25) is 5.91 Å². The second kappa shape index (κ2) is 9.23. The van der Waals surface area contributed by atoms with Crippen LogP contribution in [0.3, 0.4) is 0 Å². The summed E-state index contributed by atoms with van der Waals surface area (Å²) in [6.45, 7) is 4.65. The van der Waals surface area contributed by atoms with Gasteiger partial charge in [-0.05, 0) is 37.1 Å². The van der Waals surface area contributed by atoms with Crippen LogP contribution >= 0.6 is 11.6 Å². The molecule has 152 valence electrons. The van der Waals surface area contributed by atoms with Crippen molar-refractivity contribution in [3.8, 4) is 0 Å². The van der Waals surface area contributed by atoms with Gasteiger partial charge in [-0.2, -0.15) is 0 Å². The molecule has 0 spiro atoms. The fourth-order valence-electron chi connectivity index (χ4n) is 3.51. The molecule has 5 nitrogen and oxygen atoms in total. The number of unbranched alkanes of at least 4 members (excludes halogenated alkanes) is 1. The number of hydrogen-bond donors (Lipinski definition) is 0. The summed E-state index contributed by atoms with van der Waals surface area (Å²) in [6.07, 6.45) is 2.19.